The fourth-order valence-electron chi connectivity index (χ4n) is 3.15. The minimum absolute atomic E-state index is 0.310. The van der Waals surface area contributed by atoms with Gasteiger partial charge in [-0.2, -0.15) is 0 Å². The number of anilines is 3. The molecule has 0 atom stereocenters. The first-order valence-electron chi connectivity index (χ1n) is 9.68. The molecule has 0 saturated carbocycles. The number of benzene rings is 3. The van der Waals surface area contributed by atoms with Crippen molar-refractivity contribution in [2.45, 2.75) is 0 Å². The van der Waals surface area contributed by atoms with Crippen molar-refractivity contribution in [3.8, 4) is 22.8 Å². The lowest BCUT2D eigenvalue weighted by Crippen LogP contribution is -2.14. The van der Waals surface area contributed by atoms with Gasteiger partial charge < -0.3 is 20.1 Å². The van der Waals surface area contributed by atoms with E-state index in [1.807, 2.05) is 17.5 Å². The molecule has 6 nitrogen and oxygen atoms in total. The molecule has 4 aromatic rings. The van der Waals surface area contributed by atoms with Crippen LogP contribution in [-0.4, -0.2) is 25.1 Å². The topological polar surface area (TPSA) is 72.5 Å². The highest BCUT2D eigenvalue weighted by molar-refractivity contribution is 7.14. The van der Waals surface area contributed by atoms with Crippen LogP contribution in [-0.2, 0) is 0 Å². The molecular formula is C24H20FN3O3S. The Balaban J connectivity index is 1.47. The molecule has 1 amide bonds. The molecule has 0 radical (unpaired) electrons. The molecule has 0 spiro atoms. The molecule has 0 aliphatic rings. The van der Waals surface area contributed by atoms with Crippen LogP contribution in [0.2, 0.25) is 0 Å². The molecule has 0 aliphatic heterocycles. The molecule has 32 heavy (non-hydrogen) atoms. The summed E-state index contributed by atoms with van der Waals surface area (Å²) in [6.07, 6.45) is 0. The first-order valence-corrected chi connectivity index (χ1v) is 10.6. The summed E-state index contributed by atoms with van der Waals surface area (Å²) < 4.78 is 24.0. The van der Waals surface area contributed by atoms with Crippen molar-refractivity contribution in [2.24, 2.45) is 0 Å². The van der Waals surface area contributed by atoms with Crippen LogP contribution in [0.1, 0.15) is 10.4 Å². The number of thiazole rings is 1. The summed E-state index contributed by atoms with van der Waals surface area (Å²) in [5.41, 5.74) is 3.25. The number of halogens is 1. The monoisotopic (exact) mass is 449 g/mol. The highest BCUT2D eigenvalue weighted by Gasteiger charge is 2.18. The van der Waals surface area contributed by atoms with Gasteiger partial charge in [0.05, 0.1) is 19.9 Å². The van der Waals surface area contributed by atoms with E-state index in [1.165, 1.54) is 37.7 Å². The largest absolute Gasteiger partial charge is 0.496 e. The van der Waals surface area contributed by atoms with E-state index in [-0.39, 0.29) is 11.7 Å². The SMILES string of the molecule is COc1cccc(OC)c1C(=O)Nc1ccc(-c2csc(Nc3cccc(F)c3)n2)cc1. The predicted molar refractivity (Wildman–Crippen MR) is 125 cm³/mol. The zero-order valence-corrected chi connectivity index (χ0v) is 18.2. The molecule has 4 rings (SSSR count). The Morgan fingerprint density at radius 2 is 1.62 bits per heavy atom. The minimum Gasteiger partial charge on any atom is -0.496 e. The fourth-order valence-corrected chi connectivity index (χ4v) is 3.89. The molecule has 0 aliphatic carbocycles. The first kappa shape index (κ1) is 21.3. The summed E-state index contributed by atoms with van der Waals surface area (Å²) >= 11 is 1.42. The van der Waals surface area contributed by atoms with Crippen LogP contribution < -0.4 is 20.1 Å². The van der Waals surface area contributed by atoms with Gasteiger partial charge in [-0.05, 0) is 42.5 Å². The average Bonchev–Trinajstić information content (AvgIpc) is 3.27. The molecule has 1 heterocycles. The van der Waals surface area contributed by atoms with Gasteiger partial charge in [-0.25, -0.2) is 9.37 Å². The van der Waals surface area contributed by atoms with Gasteiger partial charge in [0.15, 0.2) is 5.13 Å². The second-order valence-electron chi connectivity index (χ2n) is 6.74. The average molecular weight is 450 g/mol. The Morgan fingerprint density at radius 1 is 0.938 bits per heavy atom. The number of carbonyl (C=O) groups excluding carboxylic acids is 1. The number of ether oxygens (including phenoxy) is 2. The van der Waals surface area contributed by atoms with E-state index < -0.39 is 0 Å². The molecule has 0 fully saturated rings. The molecule has 1 aromatic heterocycles. The van der Waals surface area contributed by atoms with Gasteiger partial charge in [-0.3, -0.25) is 4.79 Å². The van der Waals surface area contributed by atoms with Gasteiger partial charge in [0.1, 0.15) is 22.9 Å². The zero-order valence-electron chi connectivity index (χ0n) is 17.4. The van der Waals surface area contributed by atoms with Gasteiger partial charge in [0.25, 0.3) is 5.91 Å². The summed E-state index contributed by atoms with van der Waals surface area (Å²) in [7, 11) is 3.01. The Kier molecular flexibility index (Phi) is 6.32. The van der Waals surface area contributed by atoms with Crippen molar-refractivity contribution in [2.75, 3.05) is 24.9 Å². The highest BCUT2D eigenvalue weighted by atomic mass is 32.1. The molecule has 162 valence electrons. The second-order valence-corrected chi connectivity index (χ2v) is 7.60. The maximum Gasteiger partial charge on any atom is 0.263 e. The van der Waals surface area contributed by atoms with E-state index in [1.54, 1.807) is 42.5 Å². The number of hydrogen-bond donors (Lipinski definition) is 2. The summed E-state index contributed by atoms with van der Waals surface area (Å²) in [4.78, 5) is 17.4. The van der Waals surface area contributed by atoms with E-state index >= 15 is 0 Å². The van der Waals surface area contributed by atoms with Crippen LogP contribution in [0, 0.1) is 5.82 Å². The van der Waals surface area contributed by atoms with Crippen molar-refractivity contribution >= 4 is 33.8 Å². The van der Waals surface area contributed by atoms with Crippen molar-refractivity contribution in [1.29, 1.82) is 0 Å². The molecular weight excluding hydrogens is 429 g/mol. The van der Waals surface area contributed by atoms with Crippen molar-refractivity contribution < 1.29 is 18.7 Å². The van der Waals surface area contributed by atoms with Crippen molar-refractivity contribution in [3.05, 3.63) is 83.5 Å². The number of carbonyl (C=O) groups is 1. The standard InChI is InChI=1S/C24H20FN3O3S/c1-30-20-7-4-8-21(31-2)22(20)23(29)26-17-11-9-15(10-12-17)19-14-32-24(28-19)27-18-6-3-5-16(25)13-18/h3-14H,1-2H3,(H,26,29)(H,27,28). The van der Waals surface area contributed by atoms with Crippen molar-refractivity contribution in [1.82, 2.24) is 4.98 Å². The molecule has 3 aromatic carbocycles. The van der Waals surface area contributed by atoms with Crippen molar-refractivity contribution in [3.63, 3.8) is 0 Å². The normalized spacial score (nSPS) is 10.5. The van der Waals surface area contributed by atoms with Crippen LogP contribution in [0.5, 0.6) is 11.5 Å². The minimum atomic E-state index is -0.331. The third-order valence-electron chi connectivity index (χ3n) is 4.67. The predicted octanol–water partition coefficient (Wildman–Crippen LogP) is 5.96. The van der Waals surface area contributed by atoms with E-state index in [0.29, 0.717) is 33.6 Å². The molecule has 8 heteroatoms. The van der Waals surface area contributed by atoms with E-state index in [0.717, 1.165) is 11.3 Å². The molecule has 0 saturated heterocycles. The Labute approximate surface area is 188 Å². The van der Waals surface area contributed by atoms with Gasteiger partial charge in [-0.1, -0.05) is 24.3 Å². The Hall–Kier alpha value is -3.91. The lowest BCUT2D eigenvalue weighted by atomic mass is 10.1. The van der Waals surface area contributed by atoms with Gasteiger partial charge in [0, 0.05) is 22.3 Å². The number of nitrogens with one attached hydrogen (secondary N) is 2. The van der Waals surface area contributed by atoms with E-state index in [2.05, 4.69) is 15.6 Å². The van der Waals surface area contributed by atoms with E-state index in [4.69, 9.17) is 9.47 Å². The number of aromatic nitrogens is 1. The van der Waals surface area contributed by atoms with Crippen LogP contribution in [0.4, 0.5) is 20.9 Å². The van der Waals surface area contributed by atoms with Gasteiger partial charge in [0.2, 0.25) is 0 Å². The maximum atomic E-state index is 13.4. The number of methoxy groups -OCH3 is 2. The van der Waals surface area contributed by atoms with Gasteiger partial charge >= 0.3 is 0 Å². The molecule has 0 bridgehead atoms. The fraction of sp³-hybridized carbons (Fsp3) is 0.0833. The number of hydrogen-bond acceptors (Lipinski definition) is 6. The number of nitrogens with zero attached hydrogens (tertiary/aromatic N) is 1. The quantitative estimate of drug-likeness (QED) is 0.364. The molecule has 0 unspecified atom stereocenters. The van der Waals surface area contributed by atoms with E-state index in [9.17, 15) is 9.18 Å². The lowest BCUT2D eigenvalue weighted by molar-refractivity contribution is 0.102. The van der Waals surface area contributed by atoms with Crippen LogP contribution in [0.25, 0.3) is 11.3 Å². The Bertz CT molecular complexity index is 1220. The third-order valence-corrected chi connectivity index (χ3v) is 5.43. The number of amides is 1. The van der Waals surface area contributed by atoms with Crippen LogP contribution in [0.15, 0.2) is 72.1 Å². The number of rotatable bonds is 7. The maximum absolute atomic E-state index is 13.4. The van der Waals surface area contributed by atoms with Crippen LogP contribution >= 0.6 is 11.3 Å². The Morgan fingerprint density at radius 3 is 2.28 bits per heavy atom. The third kappa shape index (κ3) is 4.70. The highest BCUT2D eigenvalue weighted by Crippen LogP contribution is 2.30. The first-order chi connectivity index (χ1) is 15.6. The summed E-state index contributed by atoms with van der Waals surface area (Å²) in [6, 6.07) is 18.7. The van der Waals surface area contributed by atoms with Gasteiger partial charge in [-0.15, -0.1) is 11.3 Å². The zero-order chi connectivity index (χ0) is 22.5. The summed E-state index contributed by atoms with van der Waals surface area (Å²) in [5, 5.41) is 8.53. The lowest BCUT2D eigenvalue weighted by Gasteiger charge is -2.13. The molecule has 2 N–H and O–H groups in total. The second kappa shape index (κ2) is 9.49. The summed E-state index contributed by atoms with van der Waals surface area (Å²) in [5.74, 6) is 0.219. The summed E-state index contributed by atoms with van der Waals surface area (Å²) in [6.45, 7) is 0. The smallest absolute Gasteiger partial charge is 0.263 e. The van der Waals surface area contributed by atoms with Crippen LogP contribution in [0.3, 0.4) is 0 Å².